The van der Waals surface area contributed by atoms with Crippen molar-refractivity contribution in [3.63, 3.8) is 0 Å². The van der Waals surface area contributed by atoms with Crippen molar-refractivity contribution < 1.29 is 0 Å². The molecule has 94 valence electrons. The van der Waals surface area contributed by atoms with Crippen LogP contribution in [0, 0.1) is 0 Å². The highest BCUT2D eigenvalue weighted by Crippen LogP contribution is 2.17. The van der Waals surface area contributed by atoms with Crippen LogP contribution in [0.5, 0.6) is 0 Å². The van der Waals surface area contributed by atoms with Crippen LogP contribution in [0.4, 0.5) is 0 Å². The molecule has 1 N–H and O–H groups in total. The first-order valence-corrected chi connectivity index (χ1v) is 6.38. The molecule has 0 fully saturated rings. The second kappa shape index (κ2) is 6.87. The molecule has 0 spiro atoms. The van der Waals surface area contributed by atoms with Gasteiger partial charge in [0, 0.05) is 12.2 Å². The second-order valence-corrected chi connectivity index (χ2v) is 4.39. The van der Waals surface area contributed by atoms with Crippen molar-refractivity contribution in [2.24, 2.45) is 0 Å². The Hall–Kier alpha value is -1.74. The van der Waals surface area contributed by atoms with Crippen LogP contribution in [-0.2, 0) is 6.42 Å². The molecule has 0 aliphatic rings. The van der Waals surface area contributed by atoms with E-state index in [1.54, 1.807) is 6.20 Å². The zero-order valence-corrected chi connectivity index (χ0v) is 10.7. The summed E-state index contributed by atoms with van der Waals surface area (Å²) in [4.78, 5) is 0. The van der Waals surface area contributed by atoms with Gasteiger partial charge in [-0.25, -0.2) is 0 Å². The second-order valence-electron chi connectivity index (χ2n) is 4.39. The molecule has 2 aromatic rings. The van der Waals surface area contributed by atoms with E-state index in [0.717, 1.165) is 19.3 Å². The van der Waals surface area contributed by atoms with Crippen LogP contribution in [0.25, 0.3) is 0 Å². The van der Waals surface area contributed by atoms with Crippen LogP contribution in [0.3, 0.4) is 0 Å². The summed E-state index contributed by atoms with van der Waals surface area (Å²) in [5.74, 6) is 0. The first-order chi connectivity index (χ1) is 8.90. The van der Waals surface area contributed by atoms with E-state index >= 15 is 0 Å². The van der Waals surface area contributed by atoms with Crippen LogP contribution in [0.15, 0.2) is 48.8 Å². The molecule has 0 aliphatic carbocycles. The average Bonchev–Trinajstić information content (AvgIpc) is 2.46. The summed E-state index contributed by atoms with van der Waals surface area (Å²) < 4.78 is 0. The van der Waals surface area contributed by atoms with Crippen molar-refractivity contribution in [1.29, 1.82) is 0 Å². The topological polar surface area (TPSA) is 37.8 Å². The molecule has 1 aromatic heterocycles. The summed E-state index contributed by atoms with van der Waals surface area (Å²) in [7, 11) is 1.99. The van der Waals surface area contributed by atoms with E-state index in [9.17, 15) is 0 Å². The molecule has 1 heterocycles. The zero-order valence-electron chi connectivity index (χ0n) is 10.7. The number of rotatable bonds is 6. The molecular formula is C15H19N3. The van der Waals surface area contributed by atoms with Crippen molar-refractivity contribution in [3.8, 4) is 0 Å². The SMILES string of the molecule is CNC(CCCc1ccccc1)c1ccnnc1. The molecule has 1 atom stereocenters. The van der Waals surface area contributed by atoms with Gasteiger partial charge in [0.05, 0.1) is 6.20 Å². The monoisotopic (exact) mass is 241 g/mol. The third-order valence-electron chi connectivity index (χ3n) is 3.16. The highest BCUT2D eigenvalue weighted by Gasteiger charge is 2.08. The fourth-order valence-electron chi connectivity index (χ4n) is 2.14. The molecule has 0 saturated heterocycles. The zero-order chi connectivity index (χ0) is 12.6. The molecule has 0 radical (unpaired) electrons. The molecule has 0 bridgehead atoms. The molecule has 0 amide bonds. The number of benzene rings is 1. The predicted octanol–water partition coefficient (Wildman–Crippen LogP) is 2.76. The van der Waals surface area contributed by atoms with E-state index in [1.807, 2.05) is 19.3 Å². The Bertz CT molecular complexity index is 442. The minimum Gasteiger partial charge on any atom is -0.313 e. The smallest absolute Gasteiger partial charge is 0.0544 e. The van der Waals surface area contributed by atoms with Crippen molar-refractivity contribution in [2.75, 3.05) is 7.05 Å². The van der Waals surface area contributed by atoms with Crippen LogP contribution < -0.4 is 5.32 Å². The molecule has 0 aliphatic heterocycles. The minimum absolute atomic E-state index is 0.365. The van der Waals surface area contributed by atoms with Crippen molar-refractivity contribution in [3.05, 3.63) is 59.9 Å². The quantitative estimate of drug-likeness (QED) is 0.845. The lowest BCUT2D eigenvalue weighted by Crippen LogP contribution is -2.16. The van der Waals surface area contributed by atoms with Crippen LogP contribution >= 0.6 is 0 Å². The number of hydrogen-bond donors (Lipinski definition) is 1. The Morgan fingerprint density at radius 2 is 1.94 bits per heavy atom. The Kier molecular flexibility index (Phi) is 4.85. The summed E-state index contributed by atoms with van der Waals surface area (Å²) in [5, 5.41) is 11.1. The Balaban J connectivity index is 1.85. The lowest BCUT2D eigenvalue weighted by Gasteiger charge is -2.15. The van der Waals surface area contributed by atoms with Gasteiger partial charge >= 0.3 is 0 Å². The number of hydrogen-bond acceptors (Lipinski definition) is 3. The van der Waals surface area contributed by atoms with Gasteiger partial charge in [0.2, 0.25) is 0 Å². The number of aromatic nitrogens is 2. The highest BCUT2D eigenvalue weighted by atomic mass is 15.1. The van der Waals surface area contributed by atoms with E-state index in [-0.39, 0.29) is 0 Å². The summed E-state index contributed by atoms with van der Waals surface area (Å²) in [6.45, 7) is 0. The van der Waals surface area contributed by atoms with Crippen LogP contribution in [-0.4, -0.2) is 17.2 Å². The first kappa shape index (κ1) is 12.7. The predicted molar refractivity (Wildman–Crippen MR) is 73.2 cm³/mol. The summed E-state index contributed by atoms with van der Waals surface area (Å²) in [5.41, 5.74) is 2.61. The van der Waals surface area contributed by atoms with Crippen molar-refractivity contribution in [2.45, 2.75) is 25.3 Å². The van der Waals surface area contributed by atoms with Gasteiger partial charge in [0.1, 0.15) is 0 Å². The average molecular weight is 241 g/mol. The number of nitrogens with one attached hydrogen (secondary N) is 1. The molecule has 1 aromatic carbocycles. The maximum Gasteiger partial charge on any atom is 0.0544 e. The molecule has 3 nitrogen and oxygen atoms in total. The van der Waals surface area contributed by atoms with Crippen LogP contribution in [0.2, 0.25) is 0 Å². The molecule has 3 heteroatoms. The lowest BCUT2D eigenvalue weighted by atomic mass is 10.0. The molecule has 18 heavy (non-hydrogen) atoms. The molecule has 2 rings (SSSR count). The number of aryl methyl sites for hydroxylation is 1. The summed E-state index contributed by atoms with van der Waals surface area (Å²) in [6, 6.07) is 13.0. The van der Waals surface area contributed by atoms with E-state index in [1.165, 1.54) is 11.1 Å². The standard InChI is InChI=1S/C15H19N3/c1-16-15(14-10-11-17-18-12-14)9-5-8-13-6-3-2-4-7-13/h2-4,6-7,10-12,15-16H,5,8-9H2,1H3. The summed E-state index contributed by atoms with van der Waals surface area (Å²) in [6.07, 6.45) is 6.98. The Morgan fingerprint density at radius 1 is 1.11 bits per heavy atom. The largest absolute Gasteiger partial charge is 0.313 e. The van der Waals surface area contributed by atoms with Gasteiger partial charge in [0.25, 0.3) is 0 Å². The minimum atomic E-state index is 0.365. The van der Waals surface area contributed by atoms with E-state index < -0.39 is 0 Å². The fourth-order valence-corrected chi connectivity index (χ4v) is 2.14. The van der Waals surface area contributed by atoms with Gasteiger partial charge in [-0.1, -0.05) is 30.3 Å². The third kappa shape index (κ3) is 3.64. The Morgan fingerprint density at radius 3 is 2.61 bits per heavy atom. The van der Waals surface area contributed by atoms with E-state index in [0.29, 0.717) is 6.04 Å². The van der Waals surface area contributed by atoms with Gasteiger partial charge in [0.15, 0.2) is 0 Å². The normalized spacial score (nSPS) is 12.3. The highest BCUT2D eigenvalue weighted by molar-refractivity contribution is 5.15. The molecule has 0 saturated carbocycles. The summed E-state index contributed by atoms with van der Waals surface area (Å²) >= 11 is 0. The van der Waals surface area contributed by atoms with Gasteiger partial charge in [-0.15, -0.1) is 0 Å². The van der Waals surface area contributed by atoms with Gasteiger partial charge in [-0.3, -0.25) is 0 Å². The van der Waals surface area contributed by atoms with E-state index in [2.05, 4.69) is 45.8 Å². The molecule has 1 unspecified atom stereocenters. The maximum absolute atomic E-state index is 3.93. The lowest BCUT2D eigenvalue weighted by molar-refractivity contribution is 0.524. The third-order valence-corrected chi connectivity index (χ3v) is 3.16. The van der Waals surface area contributed by atoms with Gasteiger partial charge < -0.3 is 5.32 Å². The van der Waals surface area contributed by atoms with E-state index in [4.69, 9.17) is 0 Å². The first-order valence-electron chi connectivity index (χ1n) is 6.38. The van der Waals surface area contributed by atoms with Crippen LogP contribution in [0.1, 0.15) is 30.0 Å². The molecular weight excluding hydrogens is 222 g/mol. The Labute approximate surface area is 108 Å². The fraction of sp³-hybridized carbons (Fsp3) is 0.333. The van der Waals surface area contributed by atoms with Gasteiger partial charge in [-0.05, 0) is 43.5 Å². The number of nitrogens with zero attached hydrogens (tertiary/aromatic N) is 2. The maximum atomic E-state index is 3.93. The van der Waals surface area contributed by atoms with Gasteiger partial charge in [-0.2, -0.15) is 10.2 Å². The van der Waals surface area contributed by atoms with Crippen molar-refractivity contribution >= 4 is 0 Å². The van der Waals surface area contributed by atoms with Crippen molar-refractivity contribution in [1.82, 2.24) is 15.5 Å².